The van der Waals surface area contributed by atoms with Crippen LogP contribution >= 0.6 is 0 Å². The molecule has 0 amide bonds. The molecule has 0 aromatic heterocycles. The Morgan fingerprint density at radius 1 is 1.08 bits per heavy atom. The maximum absolute atomic E-state index is 13.8. The van der Waals surface area contributed by atoms with Gasteiger partial charge in [0.2, 0.25) is 0 Å². The molecule has 24 heavy (non-hydrogen) atoms. The van der Waals surface area contributed by atoms with Crippen molar-refractivity contribution in [1.82, 2.24) is 0 Å². The molecular weight excluding hydrogens is 337 g/mol. The van der Waals surface area contributed by atoms with Gasteiger partial charge in [-0.1, -0.05) is 5.11 Å². The minimum absolute atomic E-state index is 0.106. The SMILES string of the molecule is COc1ccc(Oc2c(F)cc(C(F)(F)F)cc2F)c(N=[N+]=[N-])c1. The van der Waals surface area contributed by atoms with Crippen molar-refractivity contribution in [3.05, 3.63) is 58.0 Å². The Morgan fingerprint density at radius 3 is 2.21 bits per heavy atom. The van der Waals surface area contributed by atoms with E-state index < -0.39 is 29.1 Å². The van der Waals surface area contributed by atoms with Crippen LogP contribution in [0.4, 0.5) is 27.6 Å². The van der Waals surface area contributed by atoms with E-state index in [9.17, 15) is 22.0 Å². The van der Waals surface area contributed by atoms with Crippen LogP contribution < -0.4 is 9.47 Å². The molecular formula is C14H8F5N3O2. The zero-order chi connectivity index (χ0) is 17.9. The third-order valence-electron chi connectivity index (χ3n) is 2.86. The Morgan fingerprint density at radius 2 is 1.71 bits per heavy atom. The van der Waals surface area contributed by atoms with E-state index in [4.69, 9.17) is 15.0 Å². The van der Waals surface area contributed by atoms with Crippen LogP contribution in [-0.4, -0.2) is 7.11 Å². The van der Waals surface area contributed by atoms with Crippen molar-refractivity contribution in [2.24, 2.45) is 5.11 Å². The first kappa shape index (κ1) is 17.4. The molecule has 126 valence electrons. The number of halogens is 5. The third kappa shape index (κ3) is 3.66. The van der Waals surface area contributed by atoms with Gasteiger partial charge in [0, 0.05) is 4.91 Å². The fraction of sp³-hybridized carbons (Fsp3) is 0.143. The van der Waals surface area contributed by atoms with E-state index in [0.29, 0.717) is 0 Å². The number of alkyl halides is 3. The number of rotatable bonds is 4. The zero-order valence-electron chi connectivity index (χ0n) is 11.9. The summed E-state index contributed by atoms with van der Waals surface area (Å²) in [6, 6.07) is 3.99. The molecule has 0 aliphatic heterocycles. The van der Waals surface area contributed by atoms with Gasteiger partial charge in [-0.2, -0.15) is 13.2 Å². The van der Waals surface area contributed by atoms with Crippen LogP contribution in [0.2, 0.25) is 0 Å². The topological polar surface area (TPSA) is 67.2 Å². The first-order valence-corrected chi connectivity index (χ1v) is 6.23. The summed E-state index contributed by atoms with van der Waals surface area (Å²) in [5.41, 5.74) is 6.85. The lowest BCUT2D eigenvalue weighted by atomic mass is 10.2. The van der Waals surface area contributed by atoms with E-state index in [-0.39, 0.29) is 29.3 Å². The van der Waals surface area contributed by atoms with Crippen LogP contribution in [0.15, 0.2) is 35.4 Å². The van der Waals surface area contributed by atoms with Crippen LogP contribution in [0, 0.1) is 11.6 Å². The highest BCUT2D eigenvalue weighted by Gasteiger charge is 2.33. The van der Waals surface area contributed by atoms with Crippen molar-refractivity contribution in [3.63, 3.8) is 0 Å². The molecule has 0 saturated heterocycles. The van der Waals surface area contributed by atoms with Gasteiger partial charge in [-0.15, -0.1) is 0 Å². The molecule has 5 nitrogen and oxygen atoms in total. The van der Waals surface area contributed by atoms with Gasteiger partial charge >= 0.3 is 6.18 Å². The number of azide groups is 1. The second-order valence-electron chi connectivity index (χ2n) is 4.39. The number of hydrogen-bond donors (Lipinski definition) is 0. The van der Waals surface area contributed by atoms with E-state index in [1.54, 1.807) is 0 Å². The van der Waals surface area contributed by atoms with Crippen LogP contribution in [0.1, 0.15) is 5.56 Å². The molecule has 10 heteroatoms. The average molecular weight is 345 g/mol. The van der Waals surface area contributed by atoms with Crippen LogP contribution in [0.5, 0.6) is 17.2 Å². The van der Waals surface area contributed by atoms with Gasteiger partial charge in [0.05, 0.1) is 18.4 Å². The van der Waals surface area contributed by atoms with Crippen molar-refractivity contribution in [2.45, 2.75) is 6.18 Å². The summed E-state index contributed by atoms with van der Waals surface area (Å²) in [5.74, 6) is -4.14. The summed E-state index contributed by atoms with van der Waals surface area (Å²) in [7, 11) is 1.34. The zero-order valence-corrected chi connectivity index (χ0v) is 11.9. The van der Waals surface area contributed by atoms with Crippen molar-refractivity contribution in [2.75, 3.05) is 7.11 Å². The fourth-order valence-corrected chi connectivity index (χ4v) is 1.77. The fourth-order valence-electron chi connectivity index (χ4n) is 1.77. The molecule has 0 heterocycles. The van der Waals surface area contributed by atoms with Gasteiger partial charge in [0.25, 0.3) is 0 Å². The Balaban J connectivity index is 2.47. The molecule has 0 saturated carbocycles. The van der Waals surface area contributed by atoms with Gasteiger partial charge < -0.3 is 9.47 Å². The molecule has 0 unspecified atom stereocenters. The first-order chi connectivity index (χ1) is 11.3. The van der Waals surface area contributed by atoms with Gasteiger partial charge in [0.15, 0.2) is 17.4 Å². The molecule has 0 bridgehead atoms. The molecule has 0 N–H and O–H groups in total. The third-order valence-corrected chi connectivity index (χ3v) is 2.86. The highest BCUT2D eigenvalue weighted by molar-refractivity contribution is 5.57. The van der Waals surface area contributed by atoms with Gasteiger partial charge in [-0.3, -0.25) is 0 Å². The number of benzene rings is 2. The minimum atomic E-state index is -4.91. The van der Waals surface area contributed by atoms with E-state index >= 15 is 0 Å². The highest BCUT2D eigenvalue weighted by Crippen LogP contribution is 2.39. The first-order valence-electron chi connectivity index (χ1n) is 6.23. The summed E-state index contributed by atoms with van der Waals surface area (Å²) in [5, 5.41) is 3.28. The summed E-state index contributed by atoms with van der Waals surface area (Å²) in [6.07, 6.45) is -4.91. The molecule has 0 radical (unpaired) electrons. The molecule has 0 fully saturated rings. The summed E-state index contributed by atoms with van der Waals surface area (Å²) >= 11 is 0. The molecule has 0 spiro atoms. The molecule has 0 atom stereocenters. The lowest BCUT2D eigenvalue weighted by Gasteiger charge is -2.13. The van der Waals surface area contributed by atoms with Crippen molar-refractivity contribution in [3.8, 4) is 17.2 Å². The van der Waals surface area contributed by atoms with E-state index in [1.807, 2.05) is 0 Å². The number of methoxy groups -OCH3 is 1. The molecule has 2 aromatic carbocycles. The van der Waals surface area contributed by atoms with Crippen LogP contribution in [0.3, 0.4) is 0 Å². The maximum Gasteiger partial charge on any atom is 0.416 e. The lowest BCUT2D eigenvalue weighted by Crippen LogP contribution is -2.07. The minimum Gasteiger partial charge on any atom is -0.497 e. The lowest BCUT2D eigenvalue weighted by molar-refractivity contribution is -0.138. The summed E-state index contributed by atoms with van der Waals surface area (Å²) in [6.45, 7) is 0. The van der Waals surface area contributed by atoms with Crippen LogP contribution in [0.25, 0.3) is 10.4 Å². The molecule has 0 aliphatic rings. The van der Waals surface area contributed by atoms with Crippen LogP contribution in [-0.2, 0) is 6.18 Å². The van der Waals surface area contributed by atoms with E-state index in [2.05, 4.69) is 10.0 Å². The summed E-state index contributed by atoms with van der Waals surface area (Å²) < 4.78 is 75.0. The second-order valence-corrected chi connectivity index (χ2v) is 4.39. The van der Waals surface area contributed by atoms with Crippen molar-refractivity contribution >= 4 is 5.69 Å². The smallest absolute Gasteiger partial charge is 0.416 e. The Kier molecular flexibility index (Phi) is 4.79. The van der Waals surface area contributed by atoms with Crippen molar-refractivity contribution < 1.29 is 31.4 Å². The Labute approximate surface area is 131 Å². The Bertz CT molecular complexity index is 794. The van der Waals surface area contributed by atoms with E-state index in [1.165, 1.54) is 25.3 Å². The van der Waals surface area contributed by atoms with E-state index in [0.717, 1.165) is 0 Å². The monoisotopic (exact) mass is 345 g/mol. The largest absolute Gasteiger partial charge is 0.497 e. The molecule has 2 rings (SSSR count). The second kappa shape index (κ2) is 6.63. The van der Waals surface area contributed by atoms with Crippen molar-refractivity contribution in [1.29, 1.82) is 0 Å². The highest BCUT2D eigenvalue weighted by atomic mass is 19.4. The number of ether oxygens (including phenoxy) is 2. The quantitative estimate of drug-likeness (QED) is 0.307. The molecule has 2 aromatic rings. The number of nitrogens with zero attached hydrogens (tertiary/aromatic N) is 3. The standard InChI is InChI=1S/C14H8F5N3O2/c1-23-8-2-3-12(11(6-8)21-22-20)24-13-9(15)4-7(5-10(13)16)14(17,18)19/h2-6H,1H3. The normalized spacial score (nSPS) is 10.9. The Hall–Kier alpha value is -3.00. The van der Waals surface area contributed by atoms with Gasteiger partial charge in [0.1, 0.15) is 11.5 Å². The predicted molar refractivity (Wildman–Crippen MR) is 73.2 cm³/mol. The number of hydrogen-bond acceptors (Lipinski definition) is 3. The molecule has 0 aliphatic carbocycles. The average Bonchev–Trinajstić information content (AvgIpc) is 2.51. The predicted octanol–water partition coefficient (Wildman–Crippen LogP) is 5.73. The summed E-state index contributed by atoms with van der Waals surface area (Å²) in [4.78, 5) is 2.53. The maximum atomic E-state index is 13.8. The van der Waals surface area contributed by atoms with Gasteiger partial charge in [-0.05, 0) is 35.9 Å². The van der Waals surface area contributed by atoms with Gasteiger partial charge in [-0.25, -0.2) is 8.78 Å².